The molecule has 4 rings (SSSR count). The molecule has 3 aliphatic rings. The summed E-state index contributed by atoms with van der Waals surface area (Å²) in [6.07, 6.45) is 12.3. The Labute approximate surface area is 139 Å². The quantitative estimate of drug-likeness (QED) is 0.613. The van der Waals surface area contributed by atoms with E-state index in [4.69, 9.17) is 1.37 Å². The zero-order chi connectivity index (χ0) is 17.9. The lowest BCUT2D eigenvalue weighted by Crippen LogP contribution is -2.58. The molecular formula is C19H18N3O2+. The lowest BCUT2D eigenvalue weighted by atomic mass is 9.93. The van der Waals surface area contributed by atoms with Crippen molar-refractivity contribution in [3.05, 3.63) is 90.9 Å². The lowest BCUT2D eigenvalue weighted by Gasteiger charge is -2.12. The zero-order valence-electron chi connectivity index (χ0n) is 14.8. The number of nitrogens with zero attached hydrogens (tertiary/aromatic N) is 3. The van der Waals surface area contributed by atoms with E-state index in [2.05, 4.69) is 0 Å². The van der Waals surface area contributed by atoms with Gasteiger partial charge >= 0.3 is 5.69 Å². The van der Waals surface area contributed by atoms with Crippen molar-refractivity contribution in [1.82, 2.24) is 13.7 Å². The maximum atomic E-state index is 12.9. The Morgan fingerprint density at radius 3 is 2.67 bits per heavy atom. The summed E-state index contributed by atoms with van der Waals surface area (Å²) < 4.78 is 12.9. The maximum Gasteiger partial charge on any atom is 0.417 e. The molecule has 0 fully saturated rings. The van der Waals surface area contributed by atoms with Crippen LogP contribution in [0.1, 0.15) is 7.79 Å². The third kappa shape index (κ3) is 1.84. The van der Waals surface area contributed by atoms with E-state index >= 15 is 0 Å². The molecule has 120 valence electrons. The van der Waals surface area contributed by atoms with Crippen molar-refractivity contribution >= 4 is 5.57 Å². The average molecular weight is 321 g/mol. The van der Waals surface area contributed by atoms with Crippen LogP contribution in [0.25, 0.3) is 5.57 Å². The molecule has 0 aromatic carbocycles. The number of rotatable bonds is 0. The van der Waals surface area contributed by atoms with Gasteiger partial charge < -0.3 is 0 Å². The molecule has 5 nitrogen and oxygen atoms in total. The molecule has 0 N–H and O–H groups in total. The smallest absolute Gasteiger partial charge is 0.268 e. The van der Waals surface area contributed by atoms with Gasteiger partial charge in [0.05, 0.1) is 15.5 Å². The first-order chi connectivity index (χ1) is 11.9. The van der Waals surface area contributed by atoms with Crippen molar-refractivity contribution in [3.8, 4) is 0 Å². The summed E-state index contributed by atoms with van der Waals surface area (Å²) in [5, 5.41) is 0.489. The van der Waals surface area contributed by atoms with Crippen LogP contribution in [0.15, 0.2) is 68.9 Å². The van der Waals surface area contributed by atoms with Gasteiger partial charge in [-0.3, -0.25) is 4.79 Å². The highest BCUT2D eigenvalue weighted by atomic mass is 16.2. The standard InChI is InChI=1S/C19H18N3O2/c1-20-14-10-6-8-12-7-4-5-9-13(11-12)15(14)16-17(20)21(2)19(24)22(3)18(16)23/h4-10H,11H2,1-3H3/q+1/i10D. The van der Waals surface area contributed by atoms with Crippen LogP contribution in [-0.4, -0.2) is 16.2 Å². The molecule has 5 heteroatoms. The minimum absolute atomic E-state index is 0.321. The molecule has 1 aliphatic heterocycles. The van der Waals surface area contributed by atoms with Crippen LogP contribution in [0.3, 0.4) is 0 Å². The first kappa shape index (κ1) is 13.5. The predicted octanol–water partition coefficient (Wildman–Crippen LogP) is -0.364. The fraction of sp³-hybridized carbons (Fsp3) is 0.211. The number of hydrogen-bond donors (Lipinski definition) is 0. The van der Waals surface area contributed by atoms with Gasteiger partial charge in [-0.15, -0.1) is 0 Å². The minimum Gasteiger partial charge on any atom is -0.268 e. The Kier molecular flexibility index (Phi) is 2.82. The molecule has 0 atom stereocenters. The summed E-state index contributed by atoms with van der Waals surface area (Å²) in [5.41, 5.74) is 3.30. The van der Waals surface area contributed by atoms with E-state index in [1.165, 1.54) is 11.6 Å². The van der Waals surface area contributed by atoms with Gasteiger partial charge in [-0.25, -0.2) is 13.9 Å². The summed E-state index contributed by atoms with van der Waals surface area (Å²) in [6.45, 7) is 0. The number of fused-ring (bicyclic) bond motifs is 5. The van der Waals surface area contributed by atoms with Crippen LogP contribution < -0.4 is 26.5 Å². The number of hydrogen-bond acceptors (Lipinski definition) is 2. The van der Waals surface area contributed by atoms with E-state index < -0.39 is 0 Å². The van der Waals surface area contributed by atoms with Crippen LogP contribution in [0, 0.1) is 0 Å². The second-order valence-electron chi connectivity index (χ2n) is 6.16. The van der Waals surface area contributed by atoms with Crippen LogP contribution in [0.2, 0.25) is 0 Å². The average Bonchev–Trinajstić information content (AvgIpc) is 2.74. The SMILES string of the molecule is [2H]C1=C2C(=c3c(=O)n(C)c(=O)n(C)c3=[N+]2C)C2=CC=CC=C(C=C1)C2. The van der Waals surface area contributed by atoms with Gasteiger partial charge in [-0.05, 0) is 23.6 Å². The van der Waals surface area contributed by atoms with Crippen molar-refractivity contribution in [2.45, 2.75) is 6.42 Å². The molecule has 2 bridgehead atoms. The van der Waals surface area contributed by atoms with Gasteiger partial charge in [-0.1, -0.05) is 36.5 Å². The molecular weight excluding hydrogens is 302 g/mol. The van der Waals surface area contributed by atoms with E-state index in [1.54, 1.807) is 24.7 Å². The van der Waals surface area contributed by atoms with Crippen LogP contribution >= 0.6 is 0 Å². The Morgan fingerprint density at radius 2 is 1.88 bits per heavy atom. The molecule has 1 aromatic heterocycles. The van der Waals surface area contributed by atoms with E-state index in [9.17, 15) is 9.59 Å². The summed E-state index contributed by atoms with van der Waals surface area (Å²) in [4.78, 5) is 25.3. The highest BCUT2D eigenvalue weighted by Gasteiger charge is 2.30. The summed E-state index contributed by atoms with van der Waals surface area (Å²) in [6, 6.07) is 0.321. The van der Waals surface area contributed by atoms with Crippen molar-refractivity contribution in [2.75, 3.05) is 7.05 Å². The van der Waals surface area contributed by atoms with Crippen molar-refractivity contribution in [2.24, 2.45) is 14.1 Å². The second-order valence-corrected chi connectivity index (χ2v) is 6.16. The molecule has 2 aliphatic carbocycles. The van der Waals surface area contributed by atoms with Crippen LogP contribution in [0.4, 0.5) is 0 Å². The predicted molar refractivity (Wildman–Crippen MR) is 93.9 cm³/mol. The Hall–Kier alpha value is -2.95. The Balaban J connectivity index is 2.34. The van der Waals surface area contributed by atoms with Crippen molar-refractivity contribution in [1.29, 1.82) is 0 Å². The molecule has 0 unspecified atom stereocenters. The van der Waals surface area contributed by atoms with Crippen molar-refractivity contribution in [3.63, 3.8) is 0 Å². The molecule has 1 aromatic rings. The highest BCUT2D eigenvalue weighted by molar-refractivity contribution is 5.81. The topological polar surface area (TPSA) is 47.0 Å². The normalized spacial score (nSPS) is 19.2. The maximum absolute atomic E-state index is 12.9. The third-order valence-corrected chi connectivity index (χ3v) is 4.73. The van der Waals surface area contributed by atoms with Gasteiger partial charge in [-0.2, -0.15) is 4.57 Å². The number of allylic oxidation sites excluding steroid dienone is 9. The molecule has 0 radical (unpaired) electrons. The van der Waals surface area contributed by atoms with Crippen LogP contribution in [-0.2, 0) is 14.1 Å². The molecule has 0 saturated carbocycles. The van der Waals surface area contributed by atoms with Gasteiger partial charge in [0.15, 0.2) is 0 Å². The molecule has 0 spiro atoms. The van der Waals surface area contributed by atoms with E-state index in [1.807, 2.05) is 30.4 Å². The van der Waals surface area contributed by atoms with Gasteiger partial charge in [0, 0.05) is 12.6 Å². The first-order valence-electron chi connectivity index (χ1n) is 8.29. The van der Waals surface area contributed by atoms with Gasteiger partial charge in [0.25, 0.3) is 11.0 Å². The molecule has 0 amide bonds. The van der Waals surface area contributed by atoms with E-state index in [0.717, 1.165) is 21.3 Å². The van der Waals surface area contributed by atoms with E-state index in [0.29, 0.717) is 28.9 Å². The second kappa shape index (κ2) is 5.03. The van der Waals surface area contributed by atoms with Gasteiger partial charge in [0.1, 0.15) is 10.9 Å². The lowest BCUT2D eigenvalue weighted by molar-refractivity contribution is 0.618. The monoisotopic (exact) mass is 321 g/mol. The van der Waals surface area contributed by atoms with E-state index in [-0.39, 0.29) is 11.2 Å². The fourth-order valence-electron chi connectivity index (χ4n) is 3.52. The van der Waals surface area contributed by atoms with Crippen LogP contribution in [0.5, 0.6) is 0 Å². The van der Waals surface area contributed by atoms with Crippen molar-refractivity contribution < 1.29 is 1.37 Å². The third-order valence-electron chi connectivity index (χ3n) is 4.73. The number of aromatic nitrogens is 2. The molecule has 0 saturated heterocycles. The molecule has 24 heavy (non-hydrogen) atoms. The summed E-state index contributed by atoms with van der Waals surface area (Å²) in [5.74, 6) is 0. The highest BCUT2D eigenvalue weighted by Crippen LogP contribution is 2.30. The molecule has 2 heterocycles. The Bertz CT molecular complexity index is 1230. The summed E-state index contributed by atoms with van der Waals surface area (Å²) in [7, 11) is 4.95. The largest absolute Gasteiger partial charge is 0.417 e. The summed E-state index contributed by atoms with van der Waals surface area (Å²) >= 11 is 0. The minimum atomic E-state index is -0.372. The zero-order valence-corrected chi connectivity index (χ0v) is 13.8. The van der Waals surface area contributed by atoms with Gasteiger partial charge in [0.2, 0.25) is 0 Å². The first-order valence-corrected chi connectivity index (χ1v) is 7.79. The fourth-order valence-corrected chi connectivity index (χ4v) is 3.52. The Morgan fingerprint density at radius 1 is 1.12 bits per heavy atom.